The van der Waals surface area contributed by atoms with E-state index in [2.05, 4.69) is 20.9 Å². The van der Waals surface area contributed by atoms with Crippen molar-refractivity contribution in [2.45, 2.75) is 6.42 Å². The molecule has 3 aromatic rings. The fourth-order valence-electron chi connectivity index (χ4n) is 2.27. The Kier molecular flexibility index (Phi) is 3.76. The summed E-state index contributed by atoms with van der Waals surface area (Å²) in [6.07, 6.45) is 0.586. The number of nitrogens with zero attached hydrogens (tertiary/aromatic N) is 2. The van der Waals surface area contributed by atoms with Crippen LogP contribution in [0.15, 0.2) is 46.9 Å². The van der Waals surface area contributed by atoms with Crippen LogP contribution in [-0.4, -0.2) is 15.4 Å². The molecule has 0 aliphatic heterocycles. The van der Waals surface area contributed by atoms with Crippen molar-refractivity contribution in [1.82, 2.24) is 9.55 Å². The summed E-state index contributed by atoms with van der Waals surface area (Å²) >= 11 is 9.29. The minimum absolute atomic E-state index is 0.313. The highest BCUT2D eigenvalue weighted by Gasteiger charge is 2.14. The van der Waals surface area contributed by atoms with Crippen molar-refractivity contribution in [1.29, 1.82) is 0 Å². The molecular formula is C15H11BrClFN2. The molecule has 0 amide bonds. The molecule has 0 aliphatic rings. The van der Waals surface area contributed by atoms with E-state index in [1.54, 1.807) is 6.07 Å². The first-order valence-electron chi connectivity index (χ1n) is 6.18. The van der Waals surface area contributed by atoms with Gasteiger partial charge < -0.3 is 0 Å². The van der Waals surface area contributed by atoms with E-state index in [0.717, 1.165) is 21.5 Å². The summed E-state index contributed by atoms with van der Waals surface area (Å²) in [4.78, 5) is 4.40. The van der Waals surface area contributed by atoms with Crippen molar-refractivity contribution in [3.8, 4) is 5.69 Å². The van der Waals surface area contributed by atoms with E-state index in [4.69, 9.17) is 11.6 Å². The van der Waals surface area contributed by atoms with Crippen LogP contribution in [0.4, 0.5) is 4.39 Å². The third-order valence-corrected chi connectivity index (χ3v) is 3.77. The molecule has 1 aromatic heterocycles. The SMILES string of the molecule is Fc1cccc2c1nc(CCCl)n2-c1cccc(Br)c1. The van der Waals surface area contributed by atoms with E-state index in [1.165, 1.54) is 6.07 Å². The quantitative estimate of drug-likeness (QED) is 0.624. The van der Waals surface area contributed by atoms with Gasteiger partial charge in [-0.25, -0.2) is 9.37 Å². The summed E-state index contributed by atoms with van der Waals surface area (Å²) in [6.45, 7) is 0. The highest BCUT2D eigenvalue weighted by Crippen LogP contribution is 2.25. The molecule has 0 atom stereocenters. The molecule has 2 nitrogen and oxygen atoms in total. The summed E-state index contributed by atoms with van der Waals surface area (Å²) in [7, 11) is 0. The average Bonchev–Trinajstić information content (AvgIpc) is 2.79. The summed E-state index contributed by atoms with van der Waals surface area (Å²) in [5, 5.41) is 0. The molecular weight excluding hydrogens is 343 g/mol. The van der Waals surface area contributed by atoms with Crippen molar-refractivity contribution in [2.24, 2.45) is 0 Å². The van der Waals surface area contributed by atoms with E-state index in [9.17, 15) is 4.39 Å². The number of fused-ring (bicyclic) bond motifs is 1. The van der Waals surface area contributed by atoms with Gasteiger partial charge in [-0.2, -0.15) is 0 Å². The minimum atomic E-state index is -0.313. The number of hydrogen-bond acceptors (Lipinski definition) is 1. The van der Waals surface area contributed by atoms with Crippen LogP contribution in [0, 0.1) is 5.82 Å². The molecule has 102 valence electrons. The maximum absolute atomic E-state index is 13.9. The van der Waals surface area contributed by atoms with Gasteiger partial charge in [0.1, 0.15) is 11.3 Å². The van der Waals surface area contributed by atoms with Crippen molar-refractivity contribution in [3.63, 3.8) is 0 Å². The van der Waals surface area contributed by atoms with Gasteiger partial charge in [-0.1, -0.05) is 28.1 Å². The molecule has 0 unspecified atom stereocenters. The monoisotopic (exact) mass is 352 g/mol. The topological polar surface area (TPSA) is 17.8 Å². The lowest BCUT2D eigenvalue weighted by Gasteiger charge is -2.09. The van der Waals surface area contributed by atoms with Crippen molar-refractivity contribution in [3.05, 3.63) is 58.6 Å². The van der Waals surface area contributed by atoms with Crippen LogP contribution < -0.4 is 0 Å². The average molecular weight is 354 g/mol. The number of aryl methyl sites for hydroxylation is 1. The molecule has 2 aromatic carbocycles. The first-order valence-corrected chi connectivity index (χ1v) is 7.51. The van der Waals surface area contributed by atoms with E-state index < -0.39 is 0 Å². The molecule has 1 heterocycles. The molecule has 3 rings (SSSR count). The minimum Gasteiger partial charge on any atom is -0.296 e. The van der Waals surface area contributed by atoms with E-state index in [1.807, 2.05) is 34.9 Å². The lowest BCUT2D eigenvalue weighted by atomic mass is 10.2. The smallest absolute Gasteiger partial charge is 0.151 e. The van der Waals surface area contributed by atoms with Gasteiger partial charge in [0, 0.05) is 22.5 Å². The van der Waals surface area contributed by atoms with E-state index in [0.29, 0.717) is 17.8 Å². The first kappa shape index (κ1) is 13.6. The molecule has 0 N–H and O–H groups in total. The number of alkyl halides is 1. The zero-order valence-electron chi connectivity index (χ0n) is 10.5. The van der Waals surface area contributed by atoms with Gasteiger partial charge in [0.2, 0.25) is 0 Å². The van der Waals surface area contributed by atoms with Gasteiger partial charge in [0.25, 0.3) is 0 Å². The maximum Gasteiger partial charge on any atom is 0.151 e. The summed E-state index contributed by atoms with van der Waals surface area (Å²) < 4.78 is 16.8. The fourth-order valence-corrected chi connectivity index (χ4v) is 2.82. The Morgan fingerprint density at radius 3 is 2.75 bits per heavy atom. The molecule has 5 heteroatoms. The van der Waals surface area contributed by atoms with E-state index >= 15 is 0 Å². The number of imidazole rings is 1. The van der Waals surface area contributed by atoms with Crippen LogP contribution >= 0.6 is 27.5 Å². The highest BCUT2D eigenvalue weighted by atomic mass is 79.9. The third kappa shape index (κ3) is 2.34. The van der Waals surface area contributed by atoms with Gasteiger partial charge in [-0.15, -0.1) is 11.6 Å². The van der Waals surface area contributed by atoms with Crippen molar-refractivity contribution in [2.75, 3.05) is 5.88 Å². The normalized spacial score (nSPS) is 11.2. The number of benzene rings is 2. The second kappa shape index (κ2) is 5.54. The molecule has 0 aliphatic carbocycles. The maximum atomic E-state index is 13.9. The number of hydrogen-bond donors (Lipinski definition) is 0. The van der Waals surface area contributed by atoms with Crippen LogP contribution in [0.5, 0.6) is 0 Å². The number of aromatic nitrogens is 2. The van der Waals surface area contributed by atoms with Crippen LogP contribution in [0.25, 0.3) is 16.7 Å². The van der Waals surface area contributed by atoms with Crippen LogP contribution in [0.1, 0.15) is 5.82 Å². The Morgan fingerprint density at radius 2 is 2.00 bits per heavy atom. The predicted molar refractivity (Wildman–Crippen MR) is 83.2 cm³/mol. The molecule has 0 radical (unpaired) electrons. The zero-order valence-corrected chi connectivity index (χ0v) is 12.8. The van der Waals surface area contributed by atoms with Gasteiger partial charge in [0.05, 0.1) is 5.52 Å². The highest BCUT2D eigenvalue weighted by molar-refractivity contribution is 9.10. The molecule has 0 saturated heterocycles. The van der Waals surface area contributed by atoms with Gasteiger partial charge in [0.15, 0.2) is 5.82 Å². The second-order valence-electron chi connectivity index (χ2n) is 4.39. The van der Waals surface area contributed by atoms with Crippen LogP contribution in [0.2, 0.25) is 0 Å². The summed E-state index contributed by atoms with van der Waals surface area (Å²) in [5.74, 6) is 0.893. The summed E-state index contributed by atoms with van der Waals surface area (Å²) in [6, 6.07) is 12.8. The van der Waals surface area contributed by atoms with Crippen molar-refractivity contribution >= 4 is 38.6 Å². The second-order valence-corrected chi connectivity index (χ2v) is 5.68. The molecule has 20 heavy (non-hydrogen) atoms. The van der Waals surface area contributed by atoms with Gasteiger partial charge >= 0.3 is 0 Å². The Bertz CT molecular complexity index is 770. The Labute approximate surface area is 129 Å². The molecule has 0 bridgehead atoms. The standard InChI is InChI=1S/C15H11BrClFN2/c16-10-3-1-4-11(9-10)20-13-6-2-5-12(18)15(13)19-14(20)7-8-17/h1-6,9H,7-8H2. The van der Waals surface area contributed by atoms with Crippen LogP contribution in [-0.2, 0) is 6.42 Å². The number of rotatable bonds is 3. The Balaban J connectivity index is 2.32. The van der Waals surface area contributed by atoms with Crippen LogP contribution in [0.3, 0.4) is 0 Å². The predicted octanol–water partition coefficient (Wildman–Crippen LogP) is 4.71. The van der Waals surface area contributed by atoms with Gasteiger partial charge in [-0.3, -0.25) is 4.57 Å². The first-order chi connectivity index (χ1) is 9.70. The lowest BCUT2D eigenvalue weighted by molar-refractivity contribution is 0.637. The lowest BCUT2D eigenvalue weighted by Crippen LogP contribution is -2.02. The van der Waals surface area contributed by atoms with E-state index in [-0.39, 0.29) is 5.82 Å². The largest absolute Gasteiger partial charge is 0.296 e. The summed E-state index contributed by atoms with van der Waals surface area (Å²) in [5.41, 5.74) is 2.07. The third-order valence-electron chi connectivity index (χ3n) is 3.09. The molecule has 0 fully saturated rings. The molecule has 0 spiro atoms. The Morgan fingerprint density at radius 1 is 1.20 bits per heavy atom. The number of para-hydroxylation sites is 1. The molecule has 0 saturated carbocycles. The van der Waals surface area contributed by atoms with Gasteiger partial charge in [-0.05, 0) is 30.3 Å². The Hall–Kier alpha value is -1.39. The number of halogens is 3. The fraction of sp³-hybridized carbons (Fsp3) is 0.133. The zero-order chi connectivity index (χ0) is 14.1. The van der Waals surface area contributed by atoms with Crippen molar-refractivity contribution < 1.29 is 4.39 Å².